The van der Waals surface area contributed by atoms with Gasteiger partial charge in [-0.15, -0.1) is 0 Å². The van der Waals surface area contributed by atoms with Crippen molar-refractivity contribution in [1.82, 2.24) is 9.97 Å². The van der Waals surface area contributed by atoms with E-state index in [2.05, 4.69) is 15.3 Å². The summed E-state index contributed by atoms with van der Waals surface area (Å²) in [5, 5.41) is 11.9. The van der Waals surface area contributed by atoms with Crippen molar-refractivity contribution in [2.45, 2.75) is 6.42 Å². The molecule has 0 fully saturated rings. The zero-order valence-electron chi connectivity index (χ0n) is 10.1. The molecule has 0 unspecified atom stereocenters. The topological polar surface area (TPSA) is 67.3 Å². The third kappa shape index (κ3) is 2.95. The van der Waals surface area contributed by atoms with Crippen molar-refractivity contribution in [3.05, 3.63) is 42.2 Å². The molecule has 5 nitrogen and oxygen atoms in total. The van der Waals surface area contributed by atoms with E-state index in [1.54, 1.807) is 19.4 Å². The molecule has 0 atom stereocenters. The molecule has 1 aromatic carbocycles. The van der Waals surface area contributed by atoms with Gasteiger partial charge in [-0.1, -0.05) is 18.2 Å². The van der Waals surface area contributed by atoms with Crippen molar-refractivity contribution in [2.75, 3.05) is 19.0 Å². The molecule has 2 N–H and O–H groups in total. The van der Waals surface area contributed by atoms with E-state index in [1.807, 2.05) is 24.3 Å². The van der Waals surface area contributed by atoms with Crippen LogP contribution in [0, 0.1) is 0 Å². The predicted octanol–water partition coefficient (Wildman–Crippen LogP) is 1.85. The number of nitrogens with one attached hydrogen (secondary N) is 1. The first-order valence-electron chi connectivity index (χ1n) is 5.70. The standard InChI is InChI=1S/C13H15N3O2/c1-14-12-8-15-9-13(16-12)18-11-5-3-2-4-10(11)6-7-17/h2-5,8-9,17H,6-7H2,1H3,(H,14,16). The molecule has 0 spiro atoms. The zero-order chi connectivity index (χ0) is 12.8. The Kier molecular flexibility index (Phi) is 4.09. The number of aromatic nitrogens is 2. The average molecular weight is 245 g/mol. The molecule has 1 aromatic heterocycles. The van der Waals surface area contributed by atoms with E-state index in [0.29, 0.717) is 23.9 Å². The van der Waals surface area contributed by atoms with Crippen LogP contribution in [0.2, 0.25) is 0 Å². The van der Waals surface area contributed by atoms with Crippen LogP contribution >= 0.6 is 0 Å². The van der Waals surface area contributed by atoms with Crippen molar-refractivity contribution >= 4 is 5.82 Å². The highest BCUT2D eigenvalue weighted by Gasteiger charge is 2.05. The van der Waals surface area contributed by atoms with Crippen molar-refractivity contribution < 1.29 is 9.84 Å². The number of rotatable bonds is 5. The van der Waals surface area contributed by atoms with Crippen molar-refractivity contribution in [1.29, 1.82) is 0 Å². The van der Waals surface area contributed by atoms with E-state index < -0.39 is 0 Å². The molecule has 18 heavy (non-hydrogen) atoms. The van der Waals surface area contributed by atoms with E-state index >= 15 is 0 Å². The second-order valence-electron chi connectivity index (χ2n) is 3.68. The molecular weight excluding hydrogens is 230 g/mol. The van der Waals surface area contributed by atoms with Gasteiger partial charge in [-0.2, -0.15) is 4.98 Å². The molecule has 0 saturated carbocycles. The van der Waals surface area contributed by atoms with E-state index in [1.165, 1.54) is 0 Å². The van der Waals surface area contributed by atoms with Gasteiger partial charge in [0.05, 0.1) is 12.4 Å². The molecule has 94 valence electrons. The Morgan fingerprint density at radius 2 is 2.11 bits per heavy atom. The smallest absolute Gasteiger partial charge is 0.239 e. The average Bonchev–Trinajstić information content (AvgIpc) is 2.41. The summed E-state index contributed by atoms with van der Waals surface area (Å²) in [6.45, 7) is 0.0859. The number of ether oxygens (including phenoxy) is 1. The highest BCUT2D eigenvalue weighted by molar-refractivity contribution is 5.38. The molecule has 1 heterocycles. The summed E-state index contributed by atoms with van der Waals surface area (Å²) >= 11 is 0. The molecule has 0 aliphatic carbocycles. The third-order valence-electron chi connectivity index (χ3n) is 2.44. The Morgan fingerprint density at radius 3 is 2.89 bits per heavy atom. The van der Waals surface area contributed by atoms with Gasteiger partial charge in [0.1, 0.15) is 11.6 Å². The summed E-state index contributed by atoms with van der Waals surface area (Å²) in [5.74, 6) is 1.76. The Hall–Kier alpha value is -2.14. The molecule has 0 aliphatic rings. The molecule has 0 saturated heterocycles. The second-order valence-corrected chi connectivity index (χ2v) is 3.68. The van der Waals surface area contributed by atoms with Gasteiger partial charge >= 0.3 is 0 Å². The first kappa shape index (κ1) is 12.3. The molecule has 0 aliphatic heterocycles. The minimum absolute atomic E-state index is 0.0859. The Bertz CT molecular complexity index is 517. The monoisotopic (exact) mass is 245 g/mol. The zero-order valence-corrected chi connectivity index (χ0v) is 10.1. The summed E-state index contributed by atoms with van der Waals surface area (Å²) in [6, 6.07) is 7.55. The highest BCUT2D eigenvalue weighted by Crippen LogP contribution is 2.24. The quantitative estimate of drug-likeness (QED) is 0.841. The minimum Gasteiger partial charge on any atom is -0.437 e. The number of anilines is 1. The number of nitrogens with zero attached hydrogens (tertiary/aromatic N) is 2. The van der Waals surface area contributed by atoms with Crippen LogP contribution in [0.3, 0.4) is 0 Å². The third-order valence-corrected chi connectivity index (χ3v) is 2.44. The highest BCUT2D eigenvalue weighted by atomic mass is 16.5. The number of para-hydroxylation sites is 1. The maximum Gasteiger partial charge on any atom is 0.239 e. The van der Waals surface area contributed by atoms with Crippen LogP contribution in [-0.4, -0.2) is 28.7 Å². The molecular formula is C13H15N3O2. The first-order chi connectivity index (χ1) is 8.83. The fraction of sp³-hybridized carbons (Fsp3) is 0.231. The molecule has 2 aromatic rings. The lowest BCUT2D eigenvalue weighted by atomic mass is 10.1. The fourth-order valence-corrected chi connectivity index (χ4v) is 1.56. The summed E-state index contributed by atoms with van der Waals surface area (Å²) in [5.41, 5.74) is 0.941. The van der Waals surface area contributed by atoms with Gasteiger partial charge in [-0.05, 0) is 18.1 Å². The number of hydrogen-bond donors (Lipinski definition) is 2. The first-order valence-corrected chi connectivity index (χ1v) is 5.70. The van der Waals surface area contributed by atoms with E-state index in [0.717, 1.165) is 5.56 Å². The van der Waals surface area contributed by atoms with Crippen LogP contribution in [0.25, 0.3) is 0 Å². The molecule has 5 heteroatoms. The van der Waals surface area contributed by atoms with Crippen LogP contribution in [0.5, 0.6) is 11.6 Å². The lowest BCUT2D eigenvalue weighted by Gasteiger charge is -2.09. The van der Waals surface area contributed by atoms with Crippen molar-refractivity contribution in [3.8, 4) is 11.6 Å². The van der Waals surface area contributed by atoms with Crippen molar-refractivity contribution in [2.24, 2.45) is 0 Å². The van der Waals surface area contributed by atoms with Gasteiger partial charge in [0.2, 0.25) is 5.88 Å². The largest absolute Gasteiger partial charge is 0.437 e. The molecule has 0 radical (unpaired) electrons. The number of hydrogen-bond acceptors (Lipinski definition) is 5. The van der Waals surface area contributed by atoms with Gasteiger partial charge in [-0.3, -0.25) is 4.98 Å². The van der Waals surface area contributed by atoms with Gasteiger partial charge in [0.25, 0.3) is 0 Å². The fourth-order valence-electron chi connectivity index (χ4n) is 1.56. The van der Waals surface area contributed by atoms with E-state index in [-0.39, 0.29) is 6.61 Å². The van der Waals surface area contributed by atoms with Gasteiger partial charge < -0.3 is 15.2 Å². The summed E-state index contributed by atoms with van der Waals surface area (Å²) in [7, 11) is 1.77. The lowest BCUT2D eigenvalue weighted by Crippen LogP contribution is -1.98. The summed E-state index contributed by atoms with van der Waals surface area (Å²) < 4.78 is 5.68. The second kappa shape index (κ2) is 5.97. The SMILES string of the molecule is CNc1cncc(Oc2ccccc2CCO)n1. The minimum atomic E-state index is 0.0859. The van der Waals surface area contributed by atoms with Gasteiger partial charge in [0.15, 0.2) is 0 Å². The van der Waals surface area contributed by atoms with Crippen LogP contribution in [0.1, 0.15) is 5.56 Å². The Balaban J connectivity index is 2.22. The molecule has 0 amide bonds. The van der Waals surface area contributed by atoms with Crippen LogP contribution in [0.4, 0.5) is 5.82 Å². The Labute approximate surface area is 105 Å². The molecule has 2 rings (SSSR count). The number of benzene rings is 1. The number of aliphatic hydroxyl groups excluding tert-OH is 1. The maximum absolute atomic E-state index is 9.00. The van der Waals surface area contributed by atoms with Gasteiger partial charge in [0, 0.05) is 13.7 Å². The van der Waals surface area contributed by atoms with Gasteiger partial charge in [-0.25, -0.2) is 0 Å². The summed E-state index contributed by atoms with van der Waals surface area (Å²) in [6.07, 6.45) is 3.72. The van der Waals surface area contributed by atoms with E-state index in [4.69, 9.17) is 9.84 Å². The maximum atomic E-state index is 9.00. The van der Waals surface area contributed by atoms with E-state index in [9.17, 15) is 0 Å². The Morgan fingerprint density at radius 1 is 1.28 bits per heavy atom. The van der Waals surface area contributed by atoms with Crippen molar-refractivity contribution in [3.63, 3.8) is 0 Å². The summed E-state index contributed by atoms with van der Waals surface area (Å²) in [4.78, 5) is 8.26. The van der Waals surface area contributed by atoms with Crippen LogP contribution in [0.15, 0.2) is 36.7 Å². The number of aliphatic hydroxyl groups is 1. The lowest BCUT2D eigenvalue weighted by molar-refractivity contribution is 0.297. The molecule has 0 bridgehead atoms. The van der Waals surface area contributed by atoms with Crippen LogP contribution < -0.4 is 10.1 Å². The predicted molar refractivity (Wildman–Crippen MR) is 68.9 cm³/mol. The van der Waals surface area contributed by atoms with Crippen LogP contribution in [-0.2, 0) is 6.42 Å². The normalized spacial score (nSPS) is 10.1.